The van der Waals surface area contributed by atoms with E-state index < -0.39 is 6.67 Å². The van der Waals surface area contributed by atoms with Crippen LogP contribution < -0.4 is 10.1 Å². The van der Waals surface area contributed by atoms with Gasteiger partial charge in [-0.2, -0.15) is 5.10 Å². The van der Waals surface area contributed by atoms with E-state index in [1.807, 2.05) is 24.3 Å². The van der Waals surface area contributed by atoms with Crippen LogP contribution in [0.3, 0.4) is 0 Å². The van der Waals surface area contributed by atoms with E-state index in [2.05, 4.69) is 10.4 Å². The molecular formula is C13H17ClFN3O. The summed E-state index contributed by atoms with van der Waals surface area (Å²) in [5.41, 5.74) is 2.00. The quantitative estimate of drug-likeness (QED) is 0.887. The maximum absolute atomic E-state index is 12.1. The summed E-state index contributed by atoms with van der Waals surface area (Å²) >= 11 is 0. The van der Waals surface area contributed by atoms with E-state index in [1.54, 1.807) is 24.2 Å². The molecule has 0 fully saturated rings. The van der Waals surface area contributed by atoms with Gasteiger partial charge in [0.15, 0.2) is 0 Å². The molecule has 0 radical (unpaired) electrons. The number of hydrogen-bond acceptors (Lipinski definition) is 3. The zero-order chi connectivity index (χ0) is 12.8. The number of nitrogens with zero attached hydrogens (tertiary/aromatic N) is 2. The number of aromatic nitrogens is 2. The van der Waals surface area contributed by atoms with Crippen molar-refractivity contribution in [3.8, 4) is 5.75 Å². The van der Waals surface area contributed by atoms with E-state index in [4.69, 9.17) is 4.74 Å². The van der Waals surface area contributed by atoms with Crippen molar-refractivity contribution in [2.75, 3.05) is 19.1 Å². The highest BCUT2D eigenvalue weighted by molar-refractivity contribution is 5.85. The van der Waals surface area contributed by atoms with Gasteiger partial charge in [0.05, 0.1) is 25.5 Å². The van der Waals surface area contributed by atoms with Crippen LogP contribution in [0.25, 0.3) is 0 Å². The Hall–Kier alpha value is -1.75. The molecule has 2 aromatic rings. The van der Waals surface area contributed by atoms with Crippen LogP contribution in [0.5, 0.6) is 5.75 Å². The van der Waals surface area contributed by atoms with Crippen LogP contribution >= 0.6 is 12.4 Å². The van der Waals surface area contributed by atoms with Crippen LogP contribution in [-0.4, -0.2) is 23.6 Å². The van der Waals surface area contributed by atoms with Crippen molar-refractivity contribution in [3.63, 3.8) is 0 Å². The molecule has 1 N–H and O–H groups in total. The largest absolute Gasteiger partial charge is 0.497 e. The summed E-state index contributed by atoms with van der Waals surface area (Å²) in [5.74, 6) is 0.836. The molecular weight excluding hydrogens is 269 g/mol. The monoisotopic (exact) mass is 285 g/mol. The first-order chi connectivity index (χ1) is 8.81. The smallest absolute Gasteiger partial charge is 0.119 e. The Kier molecular flexibility index (Phi) is 6.15. The van der Waals surface area contributed by atoms with E-state index in [-0.39, 0.29) is 12.4 Å². The van der Waals surface area contributed by atoms with Crippen molar-refractivity contribution >= 4 is 18.1 Å². The fourth-order valence-corrected chi connectivity index (χ4v) is 1.65. The second-order valence-electron chi connectivity index (χ2n) is 3.89. The molecule has 104 valence electrons. The molecule has 6 heteroatoms. The fraction of sp³-hybridized carbons (Fsp3) is 0.308. The van der Waals surface area contributed by atoms with Crippen LogP contribution in [0.2, 0.25) is 0 Å². The lowest BCUT2D eigenvalue weighted by molar-refractivity contribution is 0.414. The normalized spacial score (nSPS) is 9.79. The summed E-state index contributed by atoms with van der Waals surface area (Å²) in [4.78, 5) is 0. The first-order valence-corrected chi connectivity index (χ1v) is 5.77. The topological polar surface area (TPSA) is 39.1 Å². The number of halogens is 2. The van der Waals surface area contributed by atoms with Crippen molar-refractivity contribution in [3.05, 3.63) is 42.2 Å². The number of anilines is 1. The van der Waals surface area contributed by atoms with Crippen molar-refractivity contribution in [2.45, 2.75) is 13.1 Å². The van der Waals surface area contributed by atoms with Gasteiger partial charge in [-0.15, -0.1) is 12.4 Å². The van der Waals surface area contributed by atoms with E-state index >= 15 is 0 Å². The Labute approximate surface area is 118 Å². The SMILES string of the molecule is COc1cccc(CNc2cnn(CCF)c2)c1.Cl. The van der Waals surface area contributed by atoms with Gasteiger partial charge >= 0.3 is 0 Å². The number of alkyl halides is 1. The van der Waals surface area contributed by atoms with Crippen molar-refractivity contribution in [1.29, 1.82) is 0 Å². The van der Waals surface area contributed by atoms with Gasteiger partial charge in [0.1, 0.15) is 12.4 Å². The number of aryl methyl sites for hydroxylation is 1. The molecule has 0 saturated heterocycles. The van der Waals surface area contributed by atoms with Gasteiger partial charge in [0, 0.05) is 12.7 Å². The number of ether oxygens (including phenoxy) is 1. The second kappa shape index (κ2) is 7.63. The molecule has 4 nitrogen and oxygen atoms in total. The van der Waals surface area contributed by atoms with Gasteiger partial charge in [-0.25, -0.2) is 4.39 Å². The Morgan fingerprint density at radius 1 is 1.42 bits per heavy atom. The third kappa shape index (κ3) is 4.44. The number of nitrogens with one attached hydrogen (secondary N) is 1. The summed E-state index contributed by atoms with van der Waals surface area (Å²) in [6.07, 6.45) is 3.48. The molecule has 19 heavy (non-hydrogen) atoms. The molecule has 0 unspecified atom stereocenters. The summed E-state index contributed by atoms with van der Waals surface area (Å²) in [6.45, 7) is 0.566. The van der Waals surface area contributed by atoms with Gasteiger partial charge < -0.3 is 10.1 Å². The highest BCUT2D eigenvalue weighted by Gasteiger charge is 1.99. The van der Waals surface area contributed by atoms with E-state index in [0.717, 1.165) is 17.0 Å². The maximum atomic E-state index is 12.1. The van der Waals surface area contributed by atoms with E-state index in [0.29, 0.717) is 13.1 Å². The van der Waals surface area contributed by atoms with Gasteiger partial charge in [-0.05, 0) is 17.7 Å². The van der Waals surface area contributed by atoms with Crippen molar-refractivity contribution < 1.29 is 9.13 Å². The Bertz CT molecular complexity index is 504. The molecule has 0 bridgehead atoms. The maximum Gasteiger partial charge on any atom is 0.119 e. The molecule has 0 spiro atoms. The lowest BCUT2D eigenvalue weighted by Crippen LogP contribution is -2.00. The number of rotatable bonds is 6. The molecule has 0 saturated carbocycles. The standard InChI is InChI=1S/C13H16FN3O.ClH/c1-18-13-4-2-3-11(7-13)8-15-12-9-16-17(10-12)6-5-14;/h2-4,7,9-10,15H,5-6,8H2,1H3;1H. The zero-order valence-electron chi connectivity index (χ0n) is 10.7. The molecule has 0 aliphatic carbocycles. The Morgan fingerprint density at radius 2 is 2.26 bits per heavy atom. The van der Waals surface area contributed by atoms with Gasteiger partial charge in [-0.3, -0.25) is 4.68 Å². The van der Waals surface area contributed by atoms with Crippen LogP contribution in [0.4, 0.5) is 10.1 Å². The average molecular weight is 286 g/mol. The molecule has 0 aliphatic rings. The molecule has 0 amide bonds. The predicted octanol–water partition coefficient (Wildman–Crippen LogP) is 2.90. The number of methoxy groups -OCH3 is 1. The minimum absolute atomic E-state index is 0. The van der Waals surface area contributed by atoms with Gasteiger partial charge in [0.25, 0.3) is 0 Å². The third-order valence-corrected chi connectivity index (χ3v) is 2.58. The highest BCUT2D eigenvalue weighted by atomic mass is 35.5. The first kappa shape index (κ1) is 15.3. The molecule has 0 aliphatic heterocycles. The number of hydrogen-bond donors (Lipinski definition) is 1. The predicted molar refractivity (Wildman–Crippen MR) is 75.8 cm³/mol. The van der Waals surface area contributed by atoms with E-state index in [9.17, 15) is 4.39 Å². The highest BCUT2D eigenvalue weighted by Crippen LogP contribution is 2.14. The van der Waals surface area contributed by atoms with Crippen molar-refractivity contribution in [1.82, 2.24) is 9.78 Å². The summed E-state index contributed by atoms with van der Waals surface area (Å²) in [6, 6.07) is 7.84. The molecule has 0 atom stereocenters. The summed E-state index contributed by atoms with van der Waals surface area (Å²) in [5, 5.41) is 7.27. The van der Waals surface area contributed by atoms with E-state index in [1.165, 1.54) is 0 Å². The Morgan fingerprint density at radius 3 is 3.00 bits per heavy atom. The minimum Gasteiger partial charge on any atom is -0.497 e. The lowest BCUT2D eigenvalue weighted by atomic mass is 10.2. The summed E-state index contributed by atoms with van der Waals surface area (Å²) < 4.78 is 18.9. The Balaban J connectivity index is 0.00000180. The van der Waals surface area contributed by atoms with Crippen LogP contribution in [0, 0.1) is 0 Å². The third-order valence-electron chi connectivity index (χ3n) is 2.58. The first-order valence-electron chi connectivity index (χ1n) is 5.77. The van der Waals surface area contributed by atoms with Crippen LogP contribution in [0.15, 0.2) is 36.7 Å². The summed E-state index contributed by atoms with van der Waals surface area (Å²) in [7, 11) is 1.65. The zero-order valence-corrected chi connectivity index (χ0v) is 11.5. The molecule has 1 aromatic carbocycles. The van der Waals surface area contributed by atoms with Crippen molar-refractivity contribution in [2.24, 2.45) is 0 Å². The van der Waals surface area contributed by atoms with Gasteiger partial charge in [0.2, 0.25) is 0 Å². The van der Waals surface area contributed by atoms with Crippen LogP contribution in [0.1, 0.15) is 5.56 Å². The molecule has 1 aromatic heterocycles. The van der Waals surface area contributed by atoms with Gasteiger partial charge in [-0.1, -0.05) is 12.1 Å². The lowest BCUT2D eigenvalue weighted by Gasteiger charge is -2.05. The fourth-order valence-electron chi connectivity index (χ4n) is 1.65. The second-order valence-corrected chi connectivity index (χ2v) is 3.89. The molecule has 2 rings (SSSR count). The molecule has 1 heterocycles. The van der Waals surface area contributed by atoms with Crippen LogP contribution in [-0.2, 0) is 13.1 Å². The number of benzene rings is 1. The average Bonchev–Trinajstić information content (AvgIpc) is 2.85. The minimum atomic E-state index is -0.406.